The molecule has 1 aromatic heterocycles. The molecule has 0 aliphatic carbocycles. The summed E-state index contributed by atoms with van der Waals surface area (Å²) in [6.07, 6.45) is 1.28. The number of aromatic nitrogens is 1. The predicted molar refractivity (Wildman–Crippen MR) is 65.3 cm³/mol. The van der Waals surface area contributed by atoms with Crippen molar-refractivity contribution < 1.29 is 23.4 Å². The van der Waals surface area contributed by atoms with Crippen LogP contribution in [0.15, 0.2) is 34.9 Å². The molecule has 2 aromatic rings. The van der Waals surface area contributed by atoms with Gasteiger partial charge in [-0.05, 0) is 34.1 Å². The molecule has 0 unspecified atom stereocenters. The van der Waals surface area contributed by atoms with E-state index in [1.807, 2.05) is 0 Å². The van der Waals surface area contributed by atoms with Gasteiger partial charge in [-0.15, -0.1) is 0 Å². The number of carboxylic acids is 1. The number of nitrogens with zero attached hydrogens (tertiary/aromatic N) is 1. The fourth-order valence-corrected chi connectivity index (χ4v) is 1.64. The third-order valence-corrected chi connectivity index (χ3v) is 2.59. The van der Waals surface area contributed by atoms with E-state index in [0.717, 1.165) is 24.3 Å². The van der Waals surface area contributed by atoms with Crippen LogP contribution in [0.2, 0.25) is 0 Å². The zero-order valence-electron chi connectivity index (χ0n) is 9.23. The number of hydrogen-bond donors (Lipinski definition) is 1. The molecule has 0 spiro atoms. The van der Waals surface area contributed by atoms with Crippen molar-refractivity contribution in [2.75, 3.05) is 0 Å². The van der Waals surface area contributed by atoms with Crippen molar-refractivity contribution >= 4 is 21.9 Å². The van der Waals surface area contributed by atoms with E-state index >= 15 is 0 Å². The average Bonchev–Trinajstić information content (AvgIpc) is 2.32. The molecule has 0 radical (unpaired) electrons. The van der Waals surface area contributed by atoms with Crippen molar-refractivity contribution in [2.45, 2.75) is 0 Å². The zero-order valence-corrected chi connectivity index (χ0v) is 10.8. The lowest BCUT2D eigenvalue weighted by Gasteiger charge is -2.08. The quantitative estimate of drug-likeness (QED) is 0.934. The maximum atomic E-state index is 13.5. The standard InChI is InChI=1S/C12H6BrF2NO3/c13-6-3-9(15)11(16-5-6)19-10-4-7(14)1-2-8(10)12(17)18/h1-5H,(H,17,18). The Balaban J connectivity index is 2.42. The summed E-state index contributed by atoms with van der Waals surface area (Å²) in [4.78, 5) is 14.6. The highest BCUT2D eigenvalue weighted by Gasteiger charge is 2.15. The van der Waals surface area contributed by atoms with Gasteiger partial charge in [-0.1, -0.05) is 0 Å². The van der Waals surface area contributed by atoms with Crippen molar-refractivity contribution in [3.63, 3.8) is 0 Å². The molecule has 0 atom stereocenters. The fourth-order valence-electron chi connectivity index (χ4n) is 1.34. The number of aromatic carboxylic acids is 1. The smallest absolute Gasteiger partial charge is 0.339 e. The molecule has 1 N–H and O–H groups in total. The Labute approximate surface area is 114 Å². The van der Waals surface area contributed by atoms with Crippen LogP contribution in [-0.4, -0.2) is 16.1 Å². The fraction of sp³-hybridized carbons (Fsp3) is 0. The van der Waals surface area contributed by atoms with Crippen LogP contribution >= 0.6 is 15.9 Å². The van der Waals surface area contributed by atoms with Gasteiger partial charge >= 0.3 is 5.97 Å². The first-order valence-electron chi connectivity index (χ1n) is 4.99. The molecular formula is C12H6BrF2NO3. The van der Waals surface area contributed by atoms with Gasteiger partial charge in [-0.3, -0.25) is 0 Å². The second kappa shape index (κ2) is 5.31. The minimum absolute atomic E-state index is 0.287. The van der Waals surface area contributed by atoms with Crippen molar-refractivity contribution in [3.05, 3.63) is 52.1 Å². The lowest BCUT2D eigenvalue weighted by atomic mass is 10.2. The molecule has 0 aliphatic heterocycles. The molecule has 0 amide bonds. The number of ether oxygens (including phenoxy) is 1. The summed E-state index contributed by atoms with van der Waals surface area (Å²) in [6, 6.07) is 3.96. The van der Waals surface area contributed by atoms with Crippen LogP contribution in [0.5, 0.6) is 11.6 Å². The first-order valence-corrected chi connectivity index (χ1v) is 5.78. The van der Waals surface area contributed by atoms with E-state index in [-0.39, 0.29) is 11.3 Å². The summed E-state index contributed by atoms with van der Waals surface area (Å²) in [6.45, 7) is 0. The molecule has 19 heavy (non-hydrogen) atoms. The van der Waals surface area contributed by atoms with Gasteiger partial charge in [0.2, 0.25) is 0 Å². The topological polar surface area (TPSA) is 59.4 Å². The number of hydrogen-bond acceptors (Lipinski definition) is 3. The van der Waals surface area contributed by atoms with Crippen LogP contribution in [0, 0.1) is 11.6 Å². The van der Waals surface area contributed by atoms with Gasteiger partial charge < -0.3 is 9.84 Å². The molecule has 0 bridgehead atoms. The Morgan fingerprint density at radius 1 is 1.32 bits per heavy atom. The van der Waals surface area contributed by atoms with Gasteiger partial charge in [0.15, 0.2) is 5.82 Å². The number of halogens is 3. The van der Waals surface area contributed by atoms with Gasteiger partial charge in [0.1, 0.15) is 17.1 Å². The number of rotatable bonds is 3. The first-order chi connectivity index (χ1) is 8.97. The van der Waals surface area contributed by atoms with Crippen LogP contribution in [0.3, 0.4) is 0 Å². The van der Waals surface area contributed by atoms with E-state index in [2.05, 4.69) is 20.9 Å². The molecule has 0 saturated heterocycles. The minimum atomic E-state index is -1.31. The van der Waals surface area contributed by atoms with E-state index in [1.54, 1.807) is 0 Å². The highest BCUT2D eigenvalue weighted by Crippen LogP contribution is 2.27. The second-order valence-corrected chi connectivity index (χ2v) is 4.40. The van der Waals surface area contributed by atoms with Crippen LogP contribution in [0.4, 0.5) is 8.78 Å². The van der Waals surface area contributed by atoms with Crippen molar-refractivity contribution in [2.24, 2.45) is 0 Å². The number of carboxylic acid groups (broad SMARTS) is 1. The Morgan fingerprint density at radius 3 is 2.68 bits per heavy atom. The largest absolute Gasteiger partial charge is 0.478 e. The molecule has 2 rings (SSSR count). The highest BCUT2D eigenvalue weighted by molar-refractivity contribution is 9.10. The average molecular weight is 330 g/mol. The van der Waals surface area contributed by atoms with E-state index < -0.39 is 23.5 Å². The molecule has 1 heterocycles. The molecule has 0 fully saturated rings. The van der Waals surface area contributed by atoms with E-state index in [1.165, 1.54) is 6.20 Å². The van der Waals surface area contributed by atoms with Gasteiger partial charge in [-0.25, -0.2) is 18.6 Å². The Bertz CT molecular complexity index is 649. The maximum absolute atomic E-state index is 13.5. The van der Waals surface area contributed by atoms with E-state index in [9.17, 15) is 13.6 Å². The normalized spacial score (nSPS) is 10.3. The Kier molecular flexibility index (Phi) is 3.75. The third-order valence-electron chi connectivity index (χ3n) is 2.15. The molecule has 1 aromatic carbocycles. The van der Waals surface area contributed by atoms with Crippen LogP contribution in [0.1, 0.15) is 10.4 Å². The maximum Gasteiger partial charge on any atom is 0.339 e. The Hall–Kier alpha value is -2.02. The molecule has 0 saturated carbocycles. The summed E-state index contributed by atoms with van der Waals surface area (Å²) in [5, 5.41) is 8.92. The molecule has 4 nitrogen and oxygen atoms in total. The highest BCUT2D eigenvalue weighted by atomic mass is 79.9. The predicted octanol–water partition coefficient (Wildman–Crippen LogP) is 3.61. The second-order valence-electron chi connectivity index (χ2n) is 3.49. The van der Waals surface area contributed by atoms with Crippen LogP contribution in [-0.2, 0) is 0 Å². The van der Waals surface area contributed by atoms with Gasteiger partial charge in [0.25, 0.3) is 5.88 Å². The number of benzene rings is 1. The SMILES string of the molecule is O=C(O)c1ccc(F)cc1Oc1ncc(Br)cc1F. The van der Waals surface area contributed by atoms with Gasteiger partial charge in [0.05, 0.1) is 0 Å². The van der Waals surface area contributed by atoms with Gasteiger partial charge in [0, 0.05) is 16.7 Å². The minimum Gasteiger partial charge on any atom is -0.478 e. The number of pyridine rings is 1. The van der Waals surface area contributed by atoms with Gasteiger partial charge in [-0.2, -0.15) is 0 Å². The molecule has 98 valence electrons. The Morgan fingerprint density at radius 2 is 2.05 bits per heavy atom. The third kappa shape index (κ3) is 3.05. The van der Waals surface area contributed by atoms with Crippen LogP contribution < -0.4 is 4.74 Å². The molecular weight excluding hydrogens is 324 g/mol. The van der Waals surface area contributed by atoms with Crippen LogP contribution in [0.25, 0.3) is 0 Å². The summed E-state index contributed by atoms with van der Waals surface area (Å²) in [5.41, 5.74) is -0.287. The van der Waals surface area contributed by atoms with Crippen molar-refractivity contribution in [1.82, 2.24) is 4.98 Å². The lowest BCUT2D eigenvalue weighted by Crippen LogP contribution is -2.02. The van der Waals surface area contributed by atoms with Crippen molar-refractivity contribution in [1.29, 1.82) is 0 Å². The van der Waals surface area contributed by atoms with E-state index in [0.29, 0.717) is 4.47 Å². The zero-order chi connectivity index (χ0) is 14.0. The molecule has 7 heteroatoms. The summed E-state index contributed by atoms with van der Waals surface area (Å²) in [5.74, 6) is -3.56. The lowest BCUT2D eigenvalue weighted by molar-refractivity contribution is 0.0694. The summed E-state index contributed by atoms with van der Waals surface area (Å²) < 4.78 is 32.0. The van der Waals surface area contributed by atoms with E-state index in [4.69, 9.17) is 9.84 Å². The first kappa shape index (κ1) is 13.4. The number of carbonyl (C=O) groups is 1. The molecule has 0 aliphatic rings. The summed E-state index contributed by atoms with van der Waals surface area (Å²) >= 11 is 3.02. The summed E-state index contributed by atoms with van der Waals surface area (Å²) in [7, 11) is 0. The monoisotopic (exact) mass is 329 g/mol. The van der Waals surface area contributed by atoms with Crippen molar-refractivity contribution in [3.8, 4) is 11.6 Å².